The minimum atomic E-state index is -0.820. The Bertz CT molecular complexity index is 510. The van der Waals surface area contributed by atoms with Gasteiger partial charge in [0, 0.05) is 20.2 Å². The zero-order chi connectivity index (χ0) is 16.6. The molecule has 1 rings (SSSR count). The normalized spacial score (nSPS) is 11.8. The van der Waals surface area contributed by atoms with Gasteiger partial charge < -0.3 is 15.4 Å². The van der Waals surface area contributed by atoms with E-state index in [4.69, 9.17) is 4.74 Å². The number of nitrogens with zero attached hydrogens (tertiary/aromatic N) is 1. The van der Waals surface area contributed by atoms with Gasteiger partial charge in [-0.2, -0.15) is 0 Å². The first kappa shape index (κ1) is 22.0. The Kier molecular flexibility index (Phi) is 10.3. The van der Waals surface area contributed by atoms with E-state index >= 15 is 0 Å². The van der Waals surface area contributed by atoms with Crippen LogP contribution < -0.4 is 10.6 Å². The fourth-order valence-electron chi connectivity index (χ4n) is 1.73. The maximum Gasteiger partial charge on any atom is 0.191 e. The van der Waals surface area contributed by atoms with Crippen LogP contribution >= 0.6 is 24.0 Å². The summed E-state index contributed by atoms with van der Waals surface area (Å²) >= 11 is 0. The third-order valence-electron chi connectivity index (χ3n) is 3.23. The number of hydrogen-bond acceptors (Lipinski definition) is 2. The van der Waals surface area contributed by atoms with Crippen LogP contribution in [0.5, 0.6) is 0 Å². The number of benzene rings is 1. The molecule has 23 heavy (non-hydrogen) atoms. The topological polar surface area (TPSA) is 45.7 Å². The van der Waals surface area contributed by atoms with E-state index in [1.165, 1.54) is 6.07 Å². The Morgan fingerprint density at radius 3 is 2.57 bits per heavy atom. The Morgan fingerprint density at radius 1 is 1.26 bits per heavy atom. The smallest absolute Gasteiger partial charge is 0.191 e. The molecule has 0 bridgehead atoms. The molecule has 2 N–H and O–H groups in total. The Labute approximate surface area is 154 Å². The molecule has 1 aromatic carbocycles. The standard InChI is InChI=1S/C16H25F2N3O.HI/c1-5-19-15(21-11-16(2,3)22-4)20-10-9-12-7-6-8-13(17)14(12)18;/h6-8H,5,9-11H2,1-4H3,(H2,19,20,21);1H. The predicted octanol–water partition coefficient (Wildman–Crippen LogP) is 3.11. The van der Waals surface area contributed by atoms with Gasteiger partial charge in [0.25, 0.3) is 0 Å². The number of ether oxygens (including phenoxy) is 1. The van der Waals surface area contributed by atoms with Gasteiger partial charge in [0.15, 0.2) is 17.6 Å². The molecule has 0 aliphatic rings. The van der Waals surface area contributed by atoms with Gasteiger partial charge in [0.05, 0.1) is 12.1 Å². The van der Waals surface area contributed by atoms with Crippen LogP contribution in [-0.2, 0) is 11.2 Å². The molecular weight excluding hydrogens is 415 g/mol. The van der Waals surface area contributed by atoms with E-state index in [0.29, 0.717) is 37.6 Å². The quantitative estimate of drug-likeness (QED) is 0.389. The van der Waals surface area contributed by atoms with Crippen molar-refractivity contribution in [2.75, 3.05) is 26.7 Å². The lowest BCUT2D eigenvalue weighted by Crippen LogP contribution is -2.40. The highest BCUT2D eigenvalue weighted by atomic mass is 127. The van der Waals surface area contributed by atoms with Crippen molar-refractivity contribution in [2.45, 2.75) is 32.8 Å². The Balaban J connectivity index is 0.00000484. The molecule has 0 radical (unpaired) electrons. The molecule has 7 heteroatoms. The summed E-state index contributed by atoms with van der Waals surface area (Å²) in [6.07, 6.45) is 0.377. The fourth-order valence-corrected chi connectivity index (χ4v) is 1.73. The second-order valence-corrected chi connectivity index (χ2v) is 5.55. The first-order chi connectivity index (χ1) is 10.4. The zero-order valence-electron chi connectivity index (χ0n) is 14.1. The molecular formula is C16H26F2IN3O. The van der Waals surface area contributed by atoms with Gasteiger partial charge >= 0.3 is 0 Å². The Morgan fingerprint density at radius 2 is 1.96 bits per heavy atom. The van der Waals surface area contributed by atoms with Crippen molar-refractivity contribution in [3.05, 3.63) is 35.4 Å². The van der Waals surface area contributed by atoms with Crippen LogP contribution in [-0.4, -0.2) is 38.3 Å². The van der Waals surface area contributed by atoms with Crippen LogP contribution in [0.3, 0.4) is 0 Å². The lowest BCUT2D eigenvalue weighted by molar-refractivity contribution is 0.0310. The molecule has 0 saturated heterocycles. The minimum Gasteiger partial charge on any atom is -0.377 e. The number of halogens is 3. The lowest BCUT2D eigenvalue weighted by atomic mass is 10.1. The molecule has 0 atom stereocenters. The average Bonchev–Trinajstić information content (AvgIpc) is 2.49. The summed E-state index contributed by atoms with van der Waals surface area (Å²) in [6.45, 7) is 7.52. The van der Waals surface area contributed by atoms with Crippen LogP contribution in [0.2, 0.25) is 0 Å². The molecule has 0 aliphatic heterocycles. The number of guanidine groups is 1. The Hall–Kier alpha value is -0.960. The lowest BCUT2D eigenvalue weighted by Gasteiger charge is -2.21. The van der Waals surface area contributed by atoms with E-state index in [1.807, 2.05) is 20.8 Å². The number of aliphatic imine (C=N–C) groups is 1. The van der Waals surface area contributed by atoms with E-state index in [0.717, 1.165) is 6.07 Å². The molecule has 0 amide bonds. The number of rotatable bonds is 7. The predicted molar refractivity (Wildman–Crippen MR) is 101 cm³/mol. The van der Waals surface area contributed by atoms with Crippen molar-refractivity contribution >= 4 is 29.9 Å². The number of nitrogens with one attached hydrogen (secondary N) is 2. The number of hydrogen-bond donors (Lipinski definition) is 2. The van der Waals surface area contributed by atoms with Gasteiger partial charge in [0.1, 0.15) is 0 Å². The molecule has 0 heterocycles. The van der Waals surface area contributed by atoms with Gasteiger partial charge in [-0.15, -0.1) is 24.0 Å². The zero-order valence-corrected chi connectivity index (χ0v) is 16.4. The maximum atomic E-state index is 13.6. The van der Waals surface area contributed by atoms with E-state index in [2.05, 4.69) is 15.6 Å². The highest BCUT2D eigenvalue weighted by Gasteiger charge is 2.15. The van der Waals surface area contributed by atoms with Crippen molar-refractivity contribution < 1.29 is 13.5 Å². The summed E-state index contributed by atoms with van der Waals surface area (Å²) in [7, 11) is 1.64. The first-order valence-corrected chi connectivity index (χ1v) is 7.40. The second-order valence-electron chi connectivity index (χ2n) is 5.55. The van der Waals surface area contributed by atoms with Gasteiger partial charge in [-0.1, -0.05) is 12.1 Å². The average molecular weight is 441 g/mol. The molecule has 0 aliphatic carbocycles. The molecule has 0 unspecified atom stereocenters. The van der Waals surface area contributed by atoms with Crippen LogP contribution in [0.15, 0.2) is 23.2 Å². The third kappa shape index (κ3) is 7.92. The molecule has 0 aromatic heterocycles. The van der Waals surface area contributed by atoms with Crippen molar-refractivity contribution in [3.8, 4) is 0 Å². The summed E-state index contributed by atoms with van der Waals surface area (Å²) in [5, 5.41) is 6.21. The van der Waals surface area contributed by atoms with E-state index in [-0.39, 0.29) is 29.6 Å². The van der Waals surface area contributed by atoms with E-state index < -0.39 is 11.6 Å². The van der Waals surface area contributed by atoms with Crippen molar-refractivity contribution in [1.29, 1.82) is 0 Å². The summed E-state index contributed by atoms with van der Waals surface area (Å²) in [6, 6.07) is 4.21. The third-order valence-corrected chi connectivity index (χ3v) is 3.23. The maximum absolute atomic E-state index is 13.6. The van der Waals surface area contributed by atoms with Crippen molar-refractivity contribution in [2.24, 2.45) is 4.99 Å². The fraction of sp³-hybridized carbons (Fsp3) is 0.562. The van der Waals surface area contributed by atoms with Crippen LogP contribution in [0.25, 0.3) is 0 Å². The summed E-state index contributed by atoms with van der Waals surface area (Å²) < 4.78 is 32.0. The van der Waals surface area contributed by atoms with Gasteiger partial charge in [-0.05, 0) is 38.8 Å². The molecule has 1 aromatic rings. The van der Waals surface area contributed by atoms with Gasteiger partial charge in [-0.3, -0.25) is 4.99 Å². The van der Waals surface area contributed by atoms with Gasteiger partial charge in [-0.25, -0.2) is 8.78 Å². The molecule has 4 nitrogen and oxygen atoms in total. The molecule has 0 spiro atoms. The van der Waals surface area contributed by atoms with Gasteiger partial charge in [0.2, 0.25) is 0 Å². The minimum absolute atomic E-state index is 0. The largest absolute Gasteiger partial charge is 0.377 e. The summed E-state index contributed by atoms with van der Waals surface area (Å²) in [5.74, 6) is -0.976. The molecule has 0 fully saturated rings. The van der Waals surface area contributed by atoms with E-state index in [9.17, 15) is 8.78 Å². The second kappa shape index (κ2) is 10.7. The van der Waals surface area contributed by atoms with Crippen LogP contribution in [0.4, 0.5) is 8.78 Å². The van der Waals surface area contributed by atoms with Crippen molar-refractivity contribution in [1.82, 2.24) is 10.6 Å². The molecule has 0 saturated carbocycles. The monoisotopic (exact) mass is 441 g/mol. The summed E-state index contributed by atoms with van der Waals surface area (Å²) in [4.78, 5) is 4.43. The number of methoxy groups -OCH3 is 1. The van der Waals surface area contributed by atoms with E-state index in [1.54, 1.807) is 13.2 Å². The molecule has 132 valence electrons. The van der Waals surface area contributed by atoms with Crippen molar-refractivity contribution in [3.63, 3.8) is 0 Å². The van der Waals surface area contributed by atoms with Crippen LogP contribution in [0, 0.1) is 11.6 Å². The highest BCUT2D eigenvalue weighted by Crippen LogP contribution is 2.11. The highest BCUT2D eigenvalue weighted by molar-refractivity contribution is 14.0. The summed E-state index contributed by atoms with van der Waals surface area (Å²) in [5.41, 5.74) is -0.00243. The first-order valence-electron chi connectivity index (χ1n) is 7.40. The SMILES string of the molecule is CCNC(=NCC(C)(C)OC)NCCc1cccc(F)c1F.I. The van der Waals surface area contributed by atoms with Crippen LogP contribution in [0.1, 0.15) is 26.3 Å².